The third kappa shape index (κ3) is 2.07. The lowest BCUT2D eigenvalue weighted by molar-refractivity contribution is 0.0689. The molecule has 5 heteroatoms. The molecular formula is C14H15N3O2. The molecule has 1 aromatic carbocycles. The van der Waals surface area contributed by atoms with E-state index in [0.717, 1.165) is 24.3 Å². The number of benzene rings is 1. The molecular weight excluding hydrogens is 242 g/mol. The highest BCUT2D eigenvalue weighted by Gasteiger charge is 2.24. The summed E-state index contributed by atoms with van der Waals surface area (Å²) in [4.78, 5) is 11.0. The Morgan fingerprint density at radius 1 is 1.42 bits per heavy atom. The van der Waals surface area contributed by atoms with Crippen LogP contribution in [-0.2, 0) is 0 Å². The zero-order chi connectivity index (χ0) is 13.4. The minimum Gasteiger partial charge on any atom is -0.476 e. The van der Waals surface area contributed by atoms with Crippen molar-refractivity contribution < 1.29 is 9.90 Å². The van der Waals surface area contributed by atoms with Crippen molar-refractivity contribution in [3.63, 3.8) is 0 Å². The Hall–Kier alpha value is -2.30. The molecule has 0 fully saturated rings. The van der Waals surface area contributed by atoms with Gasteiger partial charge in [-0.05, 0) is 18.9 Å². The average molecular weight is 257 g/mol. The Bertz CT molecular complexity index is 616. The molecule has 0 aliphatic carbocycles. The second-order valence-electron chi connectivity index (χ2n) is 4.81. The predicted molar refractivity (Wildman–Crippen MR) is 71.6 cm³/mol. The number of rotatable bonds is 2. The van der Waals surface area contributed by atoms with Crippen molar-refractivity contribution in [1.82, 2.24) is 9.78 Å². The van der Waals surface area contributed by atoms with Gasteiger partial charge in [-0.3, -0.25) is 0 Å². The van der Waals surface area contributed by atoms with Crippen LogP contribution >= 0.6 is 0 Å². The number of hydrogen-bond acceptors (Lipinski definition) is 3. The number of aryl methyl sites for hydroxylation is 1. The fourth-order valence-corrected chi connectivity index (χ4v) is 2.42. The van der Waals surface area contributed by atoms with Gasteiger partial charge in [0.05, 0.1) is 6.04 Å². The van der Waals surface area contributed by atoms with Crippen molar-refractivity contribution in [3.8, 4) is 0 Å². The fourth-order valence-electron chi connectivity index (χ4n) is 2.42. The largest absolute Gasteiger partial charge is 0.476 e. The molecule has 0 spiro atoms. The van der Waals surface area contributed by atoms with Gasteiger partial charge in [0, 0.05) is 12.6 Å². The molecule has 2 N–H and O–H groups in total. The number of carbonyl (C=O) groups is 1. The second-order valence-corrected chi connectivity index (χ2v) is 4.81. The number of nitrogens with one attached hydrogen (secondary N) is 1. The maximum Gasteiger partial charge on any atom is 0.356 e. The number of aromatic carboxylic acids is 1. The van der Waals surface area contributed by atoms with Crippen LogP contribution in [0.4, 0.5) is 5.82 Å². The molecule has 2 aromatic rings. The van der Waals surface area contributed by atoms with E-state index in [1.165, 1.54) is 5.56 Å². The Morgan fingerprint density at radius 3 is 2.84 bits per heavy atom. The minimum atomic E-state index is -0.994. The number of aromatic nitrogens is 2. The van der Waals surface area contributed by atoms with Crippen molar-refractivity contribution in [3.05, 3.63) is 47.2 Å². The molecule has 98 valence electrons. The van der Waals surface area contributed by atoms with E-state index in [9.17, 15) is 4.79 Å². The molecule has 1 aromatic heterocycles. The molecule has 1 aliphatic heterocycles. The van der Waals surface area contributed by atoms with Crippen molar-refractivity contribution in [2.45, 2.75) is 19.4 Å². The average Bonchev–Trinajstić information content (AvgIpc) is 2.83. The first kappa shape index (κ1) is 11.8. The van der Waals surface area contributed by atoms with E-state index in [1.807, 2.05) is 6.92 Å². The lowest BCUT2D eigenvalue weighted by Crippen LogP contribution is -2.24. The first-order valence-electron chi connectivity index (χ1n) is 6.28. The van der Waals surface area contributed by atoms with Crippen LogP contribution in [0.2, 0.25) is 0 Å². The molecule has 0 saturated heterocycles. The summed E-state index contributed by atoms with van der Waals surface area (Å²) in [5.74, 6) is -0.222. The Morgan fingerprint density at radius 2 is 2.16 bits per heavy atom. The van der Waals surface area contributed by atoms with Crippen molar-refractivity contribution >= 4 is 11.8 Å². The zero-order valence-corrected chi connectivity index (χ0v) is 10.6. The van der Waals surface area contributed by atoms with Crippen LogP contribution in [0.25, 0.3) is 0 Å². The summed E-state index contributed by atoms with van der Waals surface area (Å²) < 4.78 is 1.78. The fraction of sp³-hybridized carbons (Fsp3) is 0.286. The highest BCUT2D eigenvalue weighted by atomic mass is 16.4. The standard InChI is InChI=1S/C14H15N3O2/c1-9-2-4-10(5-3-9)12-6-7-15-13-8-11(14(18)19)16-17(12)13/h2-5,8,12,15H,6-7H2,1H3,(H,18,19). The molecule has 5 nitrogen and oxygen atoms in total. The van der Waals surface area contributed by atoms with Gasteiger partial charge in [-0.1, -0.05) is 29.8 Å². The van der Waals surface area contributed by atoms with Crippen molar-refractivity contribution in [1.29, 1.82) is 0 Å². The van der Waals surface area contributed by atoms with Gasteiger partial charge >= 0.3 is 5.97 Å². The molecule has 0 radical (unpaired) electrons. The topological polar surface area (TPSA) is 67.2 Å². The van der Waals surface area contributed by atoms with E-state index in [-0.39, 0.29) is 11.7 Å². The monoisotopic (exact) mass is 257 g/mol. The van der Waals surface area contributed by atoms with Gasteiger partial charge in [0.15, 0.2) is 5.69 Å². The Balaban J connectivity index is 2.02. The number of fused-ring (bicyclic) bond motifs is 1. The lowest BCUT2D eigenvalue weighted by atomic mass is 10.0. The van der Waals surface area contributed by atoms with Gasteiger partial charge in [-0.2, -0.15) is 5.10 Å². The summed E-state index contributed by atoms with van der Waals surface area (Å²) in [7, 11) is 0. The van der Waals surface area contributed by atoms with Crippen LogP contribution in [-0.4, -0.2) is 27.4 Å². The van der Waals surface area contributed by atoms with E-state index in [1.54, 1.807) is 10.7 Å². The van der Waals surface area contributed by atoms with Crippen LogP contribution in [0.1, 0.15) is 34.1 Å². The van der Waals surface area contributed by atoms with Gasteiger partial charge in [0.25, 0.3) is 0 Å². The number of hydrogen-bond donors (Lipinski definition) is 2. The molecule has 3 rings (SSSR count). The summed E-state index contributed by atoms with van der Waals surface area (Å²) in [5.41, 5.74) is 2.46. The first-order valence-corrected chi connectivity index (χ1v) is 6.28. The number of carboxylic acid groups (broad SMARTS) is 1. The van der Waals surface area contributed by atoms with E-state index < -0.39 is 5.97 Å². The molecule has 0 amide bonds. The molecule has 0 saturated carbocycles. The highest BCUT2D eigenvalue weighted by molar-refractivity contribution is 5.86. The molecule has 2 heterocycles. The van der Waals surface area contributed by atoms with E-state index in [2.05, 4.69) is 34.7 Å². The van der Waals surface area contributed by atoms with Crippen LogP contribution in [0.3, 0.4) is 0 Å². The summed E-state index contributed by atoms with van der Waals surface area (Å²) in [5, 5.41) is 16.4. The summed E-state index contributed by atoms with van der Waals surface area (Å²) in [6.45, 7) is 2.87. The number of carboxylic acids is 1. The van der Waals surface area contributed by atoms with Crippen molar-refractivity contribution in [2.24, 2.45) is 0 Å². The molecule has 1 aliphatic rings. The number of nitrogens with zero attached hydrogens (tertiary/aromatic N) is 2. The molecule has 0 bridgehead atoms. The number of anilines is 1. The predicted octanol–water partition coefficient (Wildman–Crippen LogP) is 2.29. The van der Waals surface area contributed by atoms with Crippen LogP contribution in [0, 0.1) is 6.92 Å². The third-order valence-electron chi connectivity index (χ3n) is 3.44. The zero-order valence-electron chi connectivity index (χ0n) is 10.6. The summed E-state index contributed by atoms with van der Waals surface area (Å²) >= 11 is 0. The Kier molecular flexibility index (Phi) is 2.74. The Labute approximate surface area is 110 Å². The third-order valence-corrected chi connectivity index (χ3v) is 3.44. The quantitative estimate of drug-likeness (QED) is 0.866. The van der Waals surface area contributed by atoms with Gasteiger partial charge in [0.2, 0.25) is 0 Å². The minimum absolute atomic E-state index is 0.0847. The highest BCUT2D eigenvalue weighted by Crippen LogP contribution is 2.29. The summed E-state index contributed by atoms with van der Waals surface area (Å²) in [6, 6.07) is 9.99. The lowest BCUT2D eigenvalue weighted by Gasteiger charge is -2.26. The molecule has 1 atom stereocenters. The smallest absolute Gasteiger partial charge is 0.356 e. The van der Waals surface area contributed by atoms with Gasteiger partial charge in [0.1, 0.15) is 5.82 Å². The van der Waals surface area contributed by atoms with Crippen molar-refractivity contribution in [2.75, 3.05) is 11.9 Å². The van der Waals surface area contributed by atoms with E-state index >= 15 is 0 Å². The maximum absolute atomic E-state index is 11.0. The van der Waals surface area contributed by atoms with Crippen LogP contribution in [0.5, 0.6) is 0 Å². The SMILES string of the molecule is Cc1ccc(C2CCNc3cc(C(=O)O)nn32)cc1. The summed E-state index contributed by atoms with van der Waals surface area (Å²) in [6.07, 6.45) is 0.900. The molecule has 19 heavy (non-hydrogen) atoms. The van der Waals surface area contributed by atoms with E-state index in [0.29, 0.717) is 0 Å². The van der Waals surface area contributed by atoms with Gasteiger partial charge in [-0.15, -0.1) is 0 Å². The first-order chi connectivity index (χ1) is 9.15. The second kappa shape index (κ2) is 4.42. The van der Waals surface area contributed by atoms with Gasteiger partial charge in [-0.25, -0.2) is 9.48 Å². The van der Waals surface area contributed by atoms with Crippen LogP contribution in [0.15, 0.2) is 30.3 Å². The van der Waals surface area contributed by atoms with Gasteiger partial charge < -0.3 is 10.4 Å². The molecule has 1 unspecified atom stereocenters. The van der Waals surface area contributed by atoms with E-state index in [4.69, 9.17) is 5.11 Å². The maximum atomic E-state index is 11.0. The van der Waals surface area contributed by atoms with Crippen LogP contribution < -0.4 is 5.32 Å². The normalized spacial score (nSPS) is 17.6.